The van der Waals surface area contributed by atoms with Gasteiger partial charge in [0.15, 0.2) is 11.5 Å². The first kappa shape index (κ1) is 19.9. The van der Waals surface area contributed by atoms with Crippen molar-refractivity contribution in [3.8, 4) is 35.3 Å². The number of rotatable bonds is 8. The third-order valence-electron chi connectivity index (χ3n) is 3.92. The average Bonchev–Trinajstić information content (AvgIpc) is 2.73. The van der Waals surface area contributed by atoms with Gasteiger partial charge in [0.25, 0.3) is 0 Å². The smallest absolute Gasteiger partial charge is 0.175 e. The molecule has 0 heterocycles. The SMILES string of the molecule is C#CCOc1c(I)cc(CNc2ccc(Oc3ccccc3)cc2)cc1OC. The van der Waals surface area contributed by atoms with Crippen LogP contribution in [0.5, 0.6) is 23.0 Å². The highest BCUT2D eigenvalue weighted by Crippen LogP contribution is 2.34. The Morgan fingerprint density at radius 1 is 1.00 bits per heavy atom. The molecule has 0 saturated carbocycles. The van der Waals surface area contributed by atoms with E-state index in [0.29, 0.717) is 18.0 Å². The Morgan fingerprint density at radius 3 is 2.39 bits per heavy atom. The van der Waals surface area contributed by atoms with Crippen LogP contribution in [-0.2, 0) is 6.54 Å². The molecular formula is C23H20INO3. The summed E-state index contributed by atoms with van der Waals surface area (Å²) in [5.41, 5.74) is 2.08. The van der Waals surface area contributed by atoms with Crippen molar-refractivity contribution in [3.63, 3.8) is 0 Å². The Labute approximate surface area is 179 Å². The first-order valence-corrected chi connectivity index (χ1v) is 9.77. The fraction of sp³-hybridized carbons (Fsp3) is 0.130. The van der Waals surface area contributed by atoms with E-state index in [1.807, 2.05) is 60.7 Å². The molecule has 0 aliphatic heterocycles. The van der Waals surface area contributed by atoms with E-state index in [9.17, 15) is 0 Å². The second kappa shape index (κ2) is 9.90. The summed E-state index contributed by atoms with van der Waals surface area (Å²) in [4.78, 5) is 0. The molecule has 142 valence electrons. The first-order valence-electron chi connectivity index (χ1n) is 8.69. The zero-order valence-electron chi connectivity index (χ0n) is 15.4. The van der Waals surface area contributed by atoms with Crippen LogP contribution in [0.3, 0.4) is 0 Å². The molecule has 28 heavy (non-hydrogen) atoms. The van der Waals surface area contributed by atoms with Crippen LogP contribution in [0, 0.1) is 15.9 Å². The topological polar surface area (TPSA) is 39.7 Å². The molecule has 0 saturated heterocycles. The van der Waals surface area contributed by atoms with Gasteiger partial charge in [0, 0.05) is 12.2 Å². The molecule has 0 aromatic heterocycles. The van der Waals surface area contributed by atoms with Crippen molar-refractivity contribution in [1.82, 2.24) is 0 Å². The van der Waals surface area contributed by atoms with Gasteiger partial charge in [0.1, 0.15) is 18.1 Å². The maximum atomic E-state index is 5.81. The number of para-hydroxylation sites is 1. The highest BCUT2D eigenvalue weighted by atomic mass is 127. The number of anilines is 1. The molecule has 0 radical (unpaired) electrons. The Kier molecular flexibility index (Phi) is 7.04. The molecular weight excluding hydrogens is 465 g/mol. The average molecular weight is 485 g/mol. The number of methoxy groups -OCH3 is 1. The van der Waals surface area contributed by atoms with Gasteiger partial charge in [-0.2, -0.15) is 0 Å². The van der Waals surface area contributed by atoms with Gasteiger partial charge in [0.2, 0.25) is 0 Å². The molecule has 5 heteroatoms. The van der Waals surface area contributed by atoms with Crippen LogP contribution in [0.1, 0.15) is 5.56 Å². The van der Waals surface area contributed by atoms with Crippen LogP contribution in [0.4, 0.5) is 5.69 Å². The molecule has 1 N–H and O–H groups in total. The van der Waals surface area contributed by atoms with Gasteiger partial charge >= 0.3 is 0 Å². The predicted molar refractivity (Wildman–Crippen MR) is 120 cm³/mol. The summed E-state index contributed by atoms with van der Waals surface area (Å²) in [5.74, 6) is 5.43. The van der Waals surface area contributed by atoms with Crippen LogP contribution in [0.25, 0.3) is 0 Å². The zero-order chi connectivity index (χ0) is 19.8. The van der Waals surface area contributed by atoms with Gasteiger partial charge in [-0.3, -0.25) is 0 Å². The lowest BCUT2D eigenvalue weighted by Crippen LogP contribution is -2.03. The Balaban J connectivity index is 1.63. The molecule has 4 nitrogen and oxygen atoms in total. The normalized spacial score (nSPS) is 10.0. The van der Waals surface area contributed by atoms with Gasteiger partial charge < -0.3 is 19.5 Å². The van der Waals surface area contributed by atoms with E-state index in [4.69, 9.17) is 20.6 Å². The fourth-order valence-electron chi connectivity index (χ4n) is 2.60. The summed E-state index contributed by atoms with van der Waals surface area (Å²) in [6, 6.07) is 21.6. The number of hydrogen-bond acceptors (Lipinski definition) is 4. The second-order valence-electron chi connectivity index (χ2n) is 5.89. The molecule has 3 rings (SSSR count). The van der Waals surface area contributed by atoms with Gasteiger partial charge in [-0.25, -0.2) is 0 Å². The van der Waals surface area contributed by atoms with Gasteiger partial charge in [-0.05, 0) is 76.7 Å². The van der Waals surface area contributed by atoms with E-state index in [0.717, 1.165) is 26.3 Å². The molecule has 0 aliphatic rings. The van der Waals surface area contributed by atoms with Crippen LogP contribution < -0.4 is 19.5 Å². The van der Waals surface area contributed by atoms with Crippen molar-refractivity contribution in [3.05, 3.63) is 75.9 Å². The quantitative estimate of drug-likeness (QED) is 0.328. The minimum Gasteiger partial charge on any atom is -0.493 e. The zero-order valence-corrected chi connectivity index (χ0v) is 17.6. The number of benzene rings is 3. The predicted octanol–water partition coefficient (Wildman–Crippen LogP) is 5.72. The lowest BCUT2D eigenvalue weighted by Gasteiger charge is -2.14. The molecule has 0 amide bonds. The van der Waals surface area contributed by atoms with E-state index in [1.54, 1.807) is 7.11 Å². The summed E-state index contributed by atoms with van der Waals surface area (Å²) in [7, 11) is 1.62. The Hall–Kier alpha value is -2.85. The largest absolute Gasteiger partial charge is 0.493 e. The summed E-state index contributed by atoms with van der Waals surface area (Å²) in [6.07, 6.45) is 5.28. The van der Waals surface area contributed by atoms with Crippen molar-refractivity contribution in [1.29, 1.82) is 0 Å². The number of ether oxygens (including phenoxy) is 3. The monoisotopic (exact) mass is 485 g/mol. The van der Waals surface area contributed by atoms with Crippen molar-refractivity contribution in [2.24, 2.45) is 0 Å². The third kappa shape index (κ3) is 5.33. The molecule has 0 spiro atoms. The molecule has 0 fully saturated rings. The lowest BCUT2D eigenvalue weighted by atomic mass is 10.2. The lowest BCUT2D eigenvalue weighted by molar-refractivity contribution is 0.328. The Morgan fingerprint density at radius 2 is 1.71 bits per heavy atom. The van der Waals surface area contributed by atoms with Crippen LogP contribution >= 0.6 is 22.6 Å². The highest BCUT2D eigenvalue weighted by Gasteiger charge is 2.11. The molecule has 0 aliphatic carbocycles. The summed E-state index contributed by atoms with van der Waals surface area (Å²) in [6.45, 7) is 0.863. The maximum absolute atomic E-state index is 5.81. The summed E-state index contributed by atoms with van der Waals surface area (Å²) >= 11 is 2.23. The van der Waals surface area contributed by atoms with Gasteiger partial charge in [-0.15, -0.1) is 6.42 Å². The van der Waals surface area contributed by atoms with E-state index >= 15 is 0 Å². The fourth-order valence-corrected chi connectivity index (χ4v) is 3.42. The highest BCUT2D eigenvalue weighted by molar-refractivity contribution is 14.1. The van der Waals surface area contributed by atoms with Gasteiger partial charge in [-0.1, -0.05) is 24.1 Å². The van der Waals surface area contributed by atoms with Crippen molar-refractivity contribution >= 4 is 28.3 Å². The molecule has 3 aromatic carbocycles. The molecule has 3 aromatic rings. The van der Waals surface area contributed by atoms with Gasteiger partial charge in [0.05, 0.1) is 10.7 Å². The number of nitrogens with one attached hydrogen (secondary N) is 1. The minimum absolute atomic E-state index is 0.210. The van der Waals surface area contributed by atoms with E-state index < -0.39 is 0 Å². The van der Waals surface area contributed by atoms with E-state index in [2.05, 4.69) is 39.9 Å². The van der Waals surface area contributed by atoms with Crippen LogP contribution in [-0.4, -0.2) is 13.7 Å². The summed E-state index contributed by atoms with van der Waals surface area (Å²) in [5, 5.41) is 3.41. The van der Waals surface area contributed by atoms with E-state index in [-0.39, 0.29) is 6.61 Å². The second-order valence-corrected chi connectivity index (χ2v) is 7.06. The molecule has 0 unspecified atom stereocenters. The number of terminal acetylenes is 1. The maximum Gasteiger partial charge on any atom is 0.175 e. The van der Waals surface area contributed by atoms with Crippen LogP contribution in [0.2, 0.25) is 0 Å². The summed E-state index contributed by atoms with van der Waals surface area (Å²) < 4.78 is 17.8. The third-order valence-corrected chi connectivity index (χ3v) is 4.72. The van der Waals surface area contributed by atoms with Crippen molar-refractivity contribution in [2.75, 3.05) is 19.0 Å². The number of hydrogen-bond donors (Lipinski definition) is 1. The van der Waals surface area contributed by atoms with Crippen LogP contribution in [0.15, 0.2) is 66.7 Å². The Bertz CT molecular complexity index is 950. The standard InChI is InChI=1S/C23H20INO3/c1-3-13-27-23-21(24)14-17(15-22(23)26-2)16-25-18-9-11-20(12-10-18)28-19-7-5-4-6-8-19/h1,4-12,14-15,25H,13,16H2,2H3. The first-order chi connectivity index (χ1) is 13.7. The minimum atomic E-state index is 0.210. The number of halogens is 1. The van der Waals surface area contributed by atoms with Crippen molar-refractivity contribution in [2.45, 2.75) is 6.54 Å². The van der Waals surface area contributed by atoms with Crippen molar-refractivity contribution < 1.29 is 14.2 Å². The molecule has 0 atom stereocenters. The molecule has 0 bridgehead atoms. The van der Waals surface area contributed by atoms with E-state index in [1.165, 1.54) is 0 Å².